The Morgan fingerprint density at radius 3 is 2.47 bits per heavy atom. The number of methoxy groups -OCH3 is 1. The molecule has 3 heterocycles. The van der Waals surface area contributed by atoms with E-state index in [1.54, 1.807) is 7.11 Å². The predicted octanol–water partition coefficient (Wildman–Crippen LogP) is 2.53. The number of carbonyl (C=O) groups is 6. The Kier molecular flexibility index (Phi) is 7.77. The summed E-state index contributed by atoms with van der Waals surface area (Å²) in [6, 6.07) is 9.17. The number of ether oxygens (including phenoxy) is 2. The van der Waals surface area contributed by atoms with Gasteiger partial charge in [-0.25, -0.2) is 0 Å². The van der Waals surface area contributed by atoms with E-state index in [1.807, 2.05) is 32.0 Å². The van der Waals surface area contributed by atoms with Crippen molar-refractivity contribution < 1.29 is 38.2 Å². The van der Waals surface area contributed by atoms with Gasteiger partial charge >= 0.3 is 0 Å². The van der Waals surface area contributed by atoms with Crippen molar-refractivity contribution in [2.24, 2.45) is 0 Å². The van der Waals surface area contributed by atoms with E-state index in [0.29, 0.717) is 37.0 Å². The van der Waals surface area contributed by atoms with Crippen LogP contribution in [-0.2, 0) is 28.7 Å². The van der Waals surface area contributed by atoms with E-state index in [9.17, 15) is 28.8 Å². The molecular formula is C33H34N4O8. The van der Waals surface area contributed by atoms with Gasteiger partial charge in [-0.15, -0.1) is 0 Å². The fourth-order valence-electron chi connectivity index (χ4n) is 6.75. The van der Waals surface area contributed by atoms with Crippen LogP contribution < -0.4 is 16.0 Å². The molecule has 2 aromatic rings. The van der Waals surface area contributed by atoms with Gasteiger partial charge in [-0.3, -0.25) is 39.0 Å². The van der Waals surface area contributed by atoms with E-state index in [4.69, 9.17) is 9.47 Å². The number of hydrogen-bond acceptors (Lipinski definition) is 8. The highest BCUT2D eigenvalue weighted by Gasteiger charge is 2.50. The molecule has 234 valence electrons. The van der Waals surface area contributed by atoms with Crippen molar-refractivity contribution in [2.45, 2.75) is 70.1 Å². The maximum atomic E-state index is 13.5. The van der Waals surface area contributed by atoms with Crippen LogP contribution in [0.25, 0.3) is 5.57 Å². The Bertz CT molecular complexity index is 1690. The van der Waals surface area contributed by atoms with Crippen LogP contribution in [0.1, 0.15) is 75.9 Å². The topological polar surface area (TPSA) is 160 Å². The van der Waals surface area contributed by atoms with Crippen LogP contribution in [0.2, 0.25) is 0 Å². The lowest BCUT2D eigenvalue weighted by Crippen LogP contribution is -2.54. The SMILES string of the molecule is COC1CCC2(CC1)NC(=O)C(c1cc(C)ccc1C)=C2OCC(=O)Nc1cccc2c1C(=O)N(C1CCC(=O)NC1=O)C2=O. The van der Waals surface area contributed by atoms with Gasteiger partial charge in [0.25, 0.3) is 23.6 Å². The molecule has 12 heteroatoms. The molecule has 45 heavy (non-hydrogen) atoms. The number of fused-ring (bicyclic) bond motifs is 1. The van der Waals surface area contributed by atoms with Crippen molar-refractivity contribution in [2.75, 3.05) is 19.0 Å². The number of hydrogen-bond donors (Lipinski definition) is 3. The molecule has 3 N–H and O–H groups in total. The van der Waals surface area contributed by atoms with E-state index in [-0.39, 0.29) is 41.7 Å². The molecule has 1 aliphatic carbocycles. The largest absolute Gasteiger partial charge is 0.485 e. The standard InChI is InChI=1S/C33H34N4O8/c1-17-7-8-18(2)21(15-17)27-28(33(36-30(27)41)13-11-19(44-3)12-14-33)45-16-25(39)34-22-6-4-5-20-26(22)32(43)37(31(20)42)23-9-10-24(38)35-29(23)40/h4-8,15,19,23H,9-14,16H2,1-3H3,(H,34,39)(H,36,41)(H,35,38,40). The molecule has 1 spiro atoms. The molecule has 0 bridgehead atoms. The maximum Gasteiger partial charge on any atom is 0.264 e. The average molecular weight is 615 g/mol. The van der Waals surface area contributed by atoms with Crippen molar-refractivity contribution in [1.82, 2.24) is 15.5 Å². The normalized spacial score (nSPS) is 24.6. The van der Waals surface area contributed by atoms with Crippen molar-refractivity contribution in [3.63, 3.8) is 0 Å². The summed E-state index contributed by atoms with van der Waals surface area (Å²) in [5, 5.41) is 8.01. The molecule has 2 aromatic carbocycles. The van der Waals surface area contributed by atoms with Crippen LogP contribution in [-0.4, -0.2) is 71.7 Å². The third kappa shape index (κ3) is 5.28. The van der Waals surface area contributed by atoms with Crippen LogP contribution in [0.3, 0.4) is 0 Å². The van der Waals surface area contributed by atoms with Crippen LogP contribution in [0, 0.1) is 13.8 Å². The number of aryl methyl sites for hydroxylation is 2. The smallest absolute Gasteiger partial charge is 0.264 e. The molecule has 2 fully saturated rings. The van der Waals surface area contributed by atoms with Crippen molar-refractivity contribution >= 4 is 46.7 Å². The Balaban J connectivity index is 1.26. The highest BCUT2D eigenvalue weighted by molar-refractivity contribution is 6.26. The predicted molar refractivity (Wildman–Crippen MR) is 161 cm³/mol. The van der Waals surface area contributed by atoms with E-state index in [1.165, 1.54) is 18.2 Å². The second kappa shape index (κ2) is 11.6. The fourth-order valence-corrected chi connectivity index (χ4v) is 6.75. The third-order valence-corrected chi connectivity index (χ3v) is 9.11. The number of piperidine rings is 1. The number of nitrogens with zero attached hydrogens (tertiary/aromatic N) is 1. The summed E-state index contributed by atoms with van der Waals surface area (Å²) in [6.45, 7) is 3.39. The zero-order valence-corrected chi connectivity index (χ0v) is 25.3. The molecule has 1 saturated carbocycles. The summed E-state index contributed by atoms with van der Waals surface area (Å²) >= 11 is 0. The zero-order chi connectivity index (χ0) is 32.0. The molecule has 3 aliphatic heterocycles. The molecule has 12 nitrogen and oxygen atoms in total. The summed E-state index contributed by atoms with van der Waals surface area (Å²) in [5.41, 5.74) is 2.28. The van der Waals surface area contributed by atoms with Gasteiger partial charge in [0, 0.05) is 13.5 Å². The minimum absolute atomic E-state index is 0.00433. The molecule has 4 aliphatic rings. The number of benzene rings is 2. The van der Waals surface area contributed by atoms with E-state index in [2.05, 4.69) is 16.0 Å². The lowest BCUT2D eigenvalue weighted by Gasteiger charge is -2.38. The monoisotopic (exact) mass is 614 g/mol. The average Bonchev–Trinajstić information content (AvgIpc) is 3.42. The first-order chi connectivity index (χ1) is 21.5. The summed E-state index contributed by atoms with van der Waals surface area (Å²) in [6.07, 6.45) is 2.61. The van der Waals surface area contributed by atoms with Gasteiger partial charge in [-0.2, -0.15) is 0 Å². The van der Waals surface area contributed by atoms with E-state index in [0.717, 1.165) is 21.6 Å². The number of carbonyl (C=O) groups excluding carboxylic acids is 6. The minimum atomic E-state index is -1.13. The Morgan fingerprint density at radius 1 is 1.00 bits per heavy atom. The van der Waals surface area contributed by atoms with Gasteiger partial charge < -0.3 is 20.1 Å². The zero-order valence-electron chi connectivity index (χ0n) is 25.3. The van der Waals surface area contributed by atoms with Gasteiger partial charge in [0.2, 0.25) is 11.8 Å². The fraction of sp³-hybridized carbons (Fsp3) is 0.394. The maximum absolute atomic E-state index is 13.5. The van der Waals surface area contributed by atoms with Crippen molar-refractivity contribution in [3.05, 3.63) is 70.0 Å². The quantitative estimate of drug-likeness (QED) is 0.401. The summed E-state index contributed by atoms with van der Waals surface area (Å²) in [5.74, 6) is -3.07. The summed E-state index contributed by atoms with van der Waals surface area (Å²) in [4.78, 5) is 78.4. The Morgan fingerprint density at radius 2 is 1.76 bits per heavy atom. The molecule has 1 saturated heterocycles. The Labute approximate surface area is 259 Å². The van der Waals surface area contributed by atoms with E-state index < -0.39 is 47.7 Å². The Hall–Kier alpha value is -4.84. The van der Waals surface area contributed by atoms with E-state index >= 15 is 0 Å². The van der Waals surface area contributed by atoms with Gasteiger partial charge in [-0.05, 0) is 69.2 Å². The first kappa shape index (κ1) is 30.2. The lowest BCUT2D eigenvalue weighted by molar-refractivity contribution is -0.136. The van der Waals surface area contributed by atoms with Crippen LogP contribution in [0.4, 0.5) is 5.69 Å². The first-order valence-corrected chi connectivity index (χ1v) is 15.0. The molecule has 0 aromatic heterocycles. The number of rotatable bonds is 7. The van der Waals surface area contributed by atoms with Crippen molar-refractivity contribution in [3.8, 4) is 0 Å². The van der Waals surface area contributed by atoms with Crippen molar-refractivity contribution in [1.29, 1.82) is 0 Å². The molecule has 1 unspecified atom stereocenters. The van der Waals surface area contributed by atoms with Crippen LogP contribution >= 0.6 is 0 Å². The minimum Gasteiger partial charge on any atom is -0.485 e. The highest BCUT2D eigenvalue weighted by atomic mass is 16.5. The first-order valence-electron chi connectivity index (χ1n) is 15.0. The van der Waals surface area contributed by atoms with Gasteiger partial charge in [0.15, 0.2) is 6.61 Å². The second-order valence-electron chi connectivity index (χ2n) is 12.0. The molecule has 0 radical (unpaired) electrons. The second-order valence-corrected chi connectivity index (χ2v) is 12.0. The molecule has 6 amide bonds. The van der Waals surface area contributed by atoms with Gasteiger partial charge in [0.1, 0.15) is 11.8 Å². The number of amides is 6. The molecule has 6 rings (SSSR count). The molecular weight excluding hydrogens is 580 g/mol. The lowest BCUT2D eigenvalue weighted by atomic mass is 9.79. The molecule has 1 atom stereocenters. The third-order valence-electron chi connectivity index (χ3n) is 9.11. The highest BCUT2D eigenvalue weighted by Crippen LogP contribution is 2.44. The summed E-state index contributed by atoms with van der Waals surface area (Å²) in [7, 11) is 1.66. The van der Waals surface area contributed by atoms with Crippen LogP contribution in [0.15, 0.2) is 42.2 Å². The van der Waals surface area contributed by atoms with Gasteiger partial charge in [0.05, 0.1) is 34.0 Å². The van der Waals surface area contributed by atoms with Gasteiger partial charge in [-0.1, -0.05) is 29.8 Å². The summed E-state index contributed by atoms with van der Waals surface area (Å²) < 4.78 is 11.8. The number of imide groups is 2. The number of anilines is 1. The number of nitrogens with one attached hydrogen (secondary N) is 3. The van der Waals surface area contributed by atoms with Crippen LogP contribution in [0.5, 0.6) is 0 Å².